The number of carbonyl (C=O) groups excluding carboxylic acids is 2. The van der Waals surface area contributed by atoms with E-state index in [2.05, 4.69) is 41.0 Å². The predicted octanol–water partition coefficient (Wildman–Crippen LogP) is 5.49. The Morgan fingerprint density at radius 2 is 1.49 bits per heavy atom. The van der Waals surface area contributed by atoms with Crippen LogP contribution in [0.1, 0.15) is 89.5 Å². The number of carbonyl (C=O) groups is 2. The van der Waals surface area contributed by atoms with Crippen molar-refractivity contribution in [2.75, 3.05) is 0 Å². The number of benzene rings is 1. The lowest BCUT2D eigenvalue weighted by Crippen LogP contribution is -2.34. The van der Waals surface area contributed by atoms with Gasteiger partial charge in [-0.15, -0.1) is 0 Å². The second kappa shape index (κ2) is 18.3. The molecule has 196 valence electrons. The molecule has 0 aliphatic rings. The largest absolute Gasteiger partial charge is 0.504 e. The van der Waals surface area contributed by atoms with Crippen LogP contribution in [0.15, 0.2) is 36.4 Å². The van der Waals surface area contributed by atoms with E-state index >= 15 is 0 Å². The summed E-state index contributed by atoms with van der Waals surface area (Å²) in [6, 6.07) is 1.25. The fourth-order valence-electron chi connectivity index (χ4n) is 3.37. The van der Waals surface area contributed by atoms with E-state index in [1.54, 1.807) is 0 Å². The number of aromatic hydroxyl groups is 3. The van der Waals surface area contributed by atoms with E-state index < -0.39 is 35.2 Å². The van der Waals surface area contributed by atoms with E-state index in [1.165, 1.54) is 31.7 Å². The summed E-state index contributed by atoms with van der Waals surface area (Å²) >= 11 is 0. The van der Waals surface area contributed by atoms with E-state index in [0.717, 1.165) is 44.6 Å². The van der Waals surface area contributed by atoms with Gasteiger partial charge in [0.1, 0.15) is 6.04 Å². The van der Waals surface area contributed by atoms with Crippen LogP contribution in [0, 0.1) is 0 Å². The zero-order valence-corrected chi connectivity index (χ0v) is 20.8. The number of hydrogen-bond acceptors (Lipinski definition) is 8. The Hall–Kier alpha value is -3.00. The molecule has 0 aliphatic heterocycles. The van der Waals surface area contributed by atoms with E-state index in [-0.39, 0.29) is 18.4 Å². The Morgan fingerprint density at radius 3 is 2.17 bits per heavy atom. The molecular formula is C27H41NO7. The monoisotopic (exact) mass is 491 g/mol. The topological polar surface area (TPSA) is 139 Å². The molecule has 0 saturated heterocycles. The number of unbranched alkanes of at least 4 members (excludes halogenated alkanes) is 8. The minimum Gasteiger partial charge on any atom is -0.504 e. The average molecular weight is 492 g/mol. The Labute approximate surface area is 208 Å². The van der Waals surface area contributed by atoms with E-state index in [1.807, 2.05) is 0 Å². The van der Waals surface area contributed by atoms with Crippen LogP contribution in [-0.4, -0.2) is 33.3 Å². The quantitative estimate of drug-likeness (QED) is 0.0737. The highest BCUT2D eigenvalue weighted by molar-refractivity contribution is 5.77. The first kappa shape index (κ1) is 30.0. The van der Waals surface area contributed by atoms with E-state index in [4.69, 9.17) is 5.73 Å². The molecule has 1 rings (SSSR count). The van der Waals surface area contributed by atoms with Crippen LogP contribution in [0.4, 0.5) is 0 Å². The van der Waals surface area contributed by atoms with E-state index in [0.29, 0.717) is 6.42 Å². The highest BCUT2D eigenvalue weighted by Gasteiger charge is 2.22. The van der Waals surface area contributed by atoms with Crippen LogP contribution >= 0.6 is 0 Å². The molecular weight excluding hydrogens is 450 g/mol. The number of rotatable bonds is 17. The van der Waals surface area contributed by atoms with Crippen LogP contribution in [0.25, 0.3) is 0 Å². The fourth-order valence-corrected chi connectivity index (χ4v) is 3.37. The van der Waals surface area contributed by atoms with Crippen molar-refractivity contribution < 1.29 is 34.7 Å². The molecule has 1 aromatic carbocycles. The zero-order valence-electron chi connectivity index (χ0n) is 20.8. The Bertz CT molecular complexity index is 820. The van der Waals surface area contributed by atoms with Gasteiger partial charge in [-0.1, -0.05) is 69.4 Å². The molecule has 8 heteroatoms. The first-order valence-electron chi connectivity index (χ1n) is 12.6. The molecule has 0 fully saturated rings. The minimum atomic E-state index is -1.23. The van der Waals surface area contributed by atoms with Crippen LogP contribution < -0.4 is 5.73 Å². The summed E-state index contributed by atoms with van der Waals surface area (Å²) in [5.41, 5.74) is 5.84. The van der Waals surface area contributed by atoms with Crippen molar-refractivity contribution in [1.82, 2.24) is 0 Å². The van der Waals surface area contributed by atoms with Crippen LogP contribution in [0.2, 0.25) is 0 Å². The summed E-state index contributed by atoms with van der Waals surface area (Å²) in [6.07, 6.45) is 20.7. The standard InChI is InChI=1S/C27H41NO7/c1-2-3-4-5-6-7-8-9-10-11-12-13-14-15-16-17-24(30)34-35-27(33)22(28)20-21-18-19-23(29)26(32)25(21)31/h6-7,9-10,18-19,22,29,31-32H,2-5,8,11-17,20,28H2,1H3/b7-6-,10-9-. The Morgan fingerprint density at radius 1 is 0.857 bits per heavy atom. The van der Waals surface area contributed by atoms with Crippen LogP contribution in [-0.2, 0) is 25.8 Å². The lowest BCUT2D eigenvalue weighted by atomic mass is 10.0. The molecule has 8 nitrogen and oxygen atoms in total. The number of nitrogens with two attached hydrogens (primary N) is 1. The molecule has 0 bridgehead atoms. The van der Waals surface area contributed by atoms with Crippen molar-refractivity contribution in [2.24, 2.45) is 5.73 Å². The van der Waals surface area contributed by atoms with E-state index in [9.17, 15) is 24.9 Å². The van der Waals surface area contributed by atoms with Gasteiger partial charge in [-0.2, -0.15) is 0 Å². The average Bonchev–Trinajstić information content (AvgIpc) is 2.85. The summed E-state index contributed by atoms with van der Waals surface area (Å²) in [5.74, 6) is -3.41. The molecule has 35 heavy (non-hydrogen) atoms. The summed E-state index contributed by atoms with van der Waals surface area (Å²) in [6.45, 7) is 2.21. The first-order chi connectivity index (χ1) is 16.9. The normalized spacial score (nSPS) is 12.3. The number of allylic oxidation sites excluding steroid dienone is 4. The van der Waals surface area contributed by atoms with Gasteiger partial charge < -0.3 is 21.1 Å². The third-order valence-corrected chi connectivity index (χ3v) is 5.50. The summed E-state index contributed by atoms with van der Waals surface area (Å²) < 4.78 is 0. The molecule has 0 saturated carbocycles. The molecule has 1 aromatic rings. The zero-order chi connectivity index (χ0) is 25.9. The second-order valence-corrected chi connectivity index (χ2v) is 8.59. The number of phenolic OH excluding ortho intramolecular Hbond substituents is 3. The molecule has 0 heterocycles. The van der Waals surface area contributed by atoms with Crippen LogP contribution in [0.5, 0.6) is 17.2 Å². The lowest BCUT2D eigenvalue weighted by Gasteiger charge is -2.12. The maximum absolute atomic E-state index is 11.9. The van der Waals surface area contributed by atoms with Crippen molar-refractivity contribution in [2.45, 2.75) is 96.4 Å². The van der Waals surface area contributed by atoms with Gasteiger partial charge in [0.25, 0.3) is 0 Å². The number of phenols is 3. The lowest BCUT2D eigenvalue weighted by molar-refractivity contribution is -0.260. The first-order valence-corrected chi connectivity index (χ1v) is 12.6. The molecule has 1 unspecified atom stereocenters. The smallest absolute Gasteiger partial charge is 0.372 e. The van der Waals surface area contributed by atoms with Crippen molar-refractivity contribution in [3.63, 3.8) is 0 Å². The van der Waals surface area contributed by atoms with Gasteiger partial charge in [-0.3, -0.25) is 0 Å². The fraction of sp³-hybridized carbons (Fsp3) is 0.556. The van der Waals surface area contributed by atoms with Gasteiger partial charge in [-0.25, -0.2) is 19.4 Å². The predicted molar refractivity (Wildman–Crippen MR) is 135 cm³/mol. The van der Waals surface area contributed by atoms with Gasteiger partial charge in [0.15, 0.2) is 11.5 Å². The third-order valence-electron chi connectivity index (χ3n) is 5.50. The third kappa shape index (κ3) is 13.5. The van der Waals surface area contributed by atoms with Crippen LogP contribution in [0.3, 0.4) is 0 Å². The highest BCUT2D eigenvalue weighted by atomic mass is 17.2. The Balaban J connectivity index is 2.06. The summed E-state index contributed by atoms with van der Waals surface area (Å²) in [5, 5.41) is 28.6. The molecule has 0 amide bonds. The van der Waals surface area contributed by atoms with Gasteiger partial charge in [0, 0.05) is 12.0 Å². The molecule has 0 aliphatic carbocycles. The van der Waals surface area contributed by atoms with Crippen molar-refractivity contribution >= 4 is 11.9 Å². The van der Waals surface area contributed by atoms with Gasteiger partial charge >= 0.3 is 11.9 Å². The summed E-state index contributed by atoms with van der Waals surface area (Å²) in [4.78, 5) is 32.7. The Kier molecular flexibility index (Phi) is 15.7. The van der Waals surface area contributed by atoms with Gasteiger partial charge in [0.05, 0.1) is 6.42 Å². The maximum atomic E-state index is 11.9. The van der Waals surface area contributed by atoms with Crippen molar-refractivity contribution in [3.8, 4) is 17.2 Å². The number of hydrogen-bond donors (Lipinski definition) is 4. The highest BCUT2D eigenvalue weighted by Crippen LogP contribution is 2.37. The minimum absolute atomic E-state index is 0.139. The molecule has 0 radical (unpaired) electrons. The molecule has 1 atom stereocenters. The molecule has 0 spiro atoms. The SMILES string of the molecule is CCCCC/C=C\C/C=C\CCCCCCCC(=O)OOC(=O)C(N)Cc1ccc(O)c(O)c1O. The van der Waals surface area contributed by atoms with Crippen molar-refractivity contribution in [1.29, 1.82) is 0 Å². The second-order valence-electron chi connectivity index (χ2n) is 8.59. The van der Waals surface area contributed by atoms with Crippen molar-refractivity contribution in [3.05, 3.63) is 42.0 Å². The van der Waals surface area contributed by atoms with Gasteiger partial charge in [-0.05, 0) is 44.6 Å². The molecule has 0 aromatic heterocycles. The van der Waals surface area contributed by atoms with Gasteiger partial charge in [0.2, 0.25) is 5.75 Å². The summed E-state index contributed by atoms with van der Waals surface area (Å²) in [7, 11) is 0. The maximum Gasteiger partial charge on any atom is 0.372 e. The molecule has 5 N–H and O–H groups in total.